The van der Waals surface area contributed by atoms with Gasteiger partial charge in [0.1, 0.15) is 6.61 Å². The largest absolute Gasteiger partial charge is 0.461 e. The van der Waals surface area contributed by atoms with Crippen LogP contribution in [0.1, 0.15) is 35.2 Å². The zero-order chi connectivity index (χ0) is 24.4. The minimum atomic E-state index is -3.63. The van der Waals surface area contributed by atoms with Crippen molar-refractivity contribution in [3.8, 4) is 0 Å². The Kier molecular flexibility index (Phi) is 9.32. The Bertz CT molecular complexity index is 1100. The molecule has 0 radical (unpaired) electrons. The highest BCUT2D eigenvalue weighted by Gasteiger charge is 2.26. The lowest BCUT2D eigenvalue weighted by Gasteiger charge is -2.26. The lowest BCUT2D eigenvalue weighted by atomic mass is 10.1. The van der Waals surface area contributed by atoms with E-state index in [1.807, 2.05) is 6.07 Å². The Labute approximate surface area is 199 Å². The molecule has 1 heterocycles. The number of carbonyl (C=O) groups is 3. The number of benzene rings is 2. The van der Waals surface area contributed by atoms with Gasteiger partial charge >= 0.3 is 5.97 Å². The number of carbonyl (C=O) groups excluding carboxylic acids is 3. The summed E-state index contributed by atoms with van der Waals surface area (Å²) in [6, 6.07) is 15.0. The summed E-state index contributed by atoms with van der Waals surface area (Å²) >= 11 is 0. The Balaban J connectivity index is 1.38. The molecule has 1 fully saturated rings. The van der Waals surface area contributed by atoms with E-state index in [0.29, 0.717) is 37.4 Å². The molecule has 1 aliphatic rings. The van der Waals surface area contributed by atoms with Crippen LogP contribution in [0.25, 0.3) is 0 Å². The van der Waals surface area contributed by atoms with E-state index >= 15 is 0 Å². The van der Waals surface area contributed by atoms with E-state index in [1.165, 1.54) is 16.4 Å². The number of nitrogens with zero attached hydrogens (tertiary/aromatic N) is 1. The molecule has 0 spiro atoms. The predicted molar refractivity (Wildman–Crippen MR) is 123 cm³/mol. The zero-order valence-corrected chi connectivity index (χ0v) is 19.6. The first-order chi connectivity index (χ1) is 16.4. The number of amides is 1. The Morgan fingerprint density at radius 3 is 2.41 bits per heavy atom. The summed E-state index contributed by atoms with van der Waals surface area (Å²) in [5, 5.41) is 2.60. The lowest BCUT2D eigenvalue weighted by Crippen LogP contribution is -2.40. The Morgan fingerprint density at radius 2 is 1.68 bits per heavy atom. The minimum absolute atomic E-state index is 0.0349. The normalized spacial score (nSPS) is 14.4. The predicted octanol–water partition coefficient (Wildman–Crippen LogP) is 1.92. The number of hydrogen-bond donors (Lipinski definition) is 1. The third kappa shape index (κ3) is 7.47. The summed E-state index contributed by atoms with van der Waals surface area (Å²) in [4.78, 5) is 36.1. The van der Waals surface area contributed by atoms with Crippen LogP contribution in [-0.2, 0) is 35.7 Å². The van der Waals surface area contributed by atoms with E-state index in [2.05, 4.69) is 5.32 Å². The topological polar surface area (TPSA) is 119 Å². The molecule has 1 N–H and O–H groups in total. The van der Waals surface area contributed by atoms with Crippen molar-refractivity contribution in [3.05, 3.63) is 65.7 Å². The molecule has 2 aromatic carbocycles. The molecule has 1 aliphatic heterocycles. The van der Waals surface area contributed by atoms with Crippen LogP contribution >= 0.6 is 0 Å². The molecule has 34 heavy (non-hydrogen) atoms. The molecular weight excluding hydrogens is 460 g/mol. The molecule has 0 bridgehead atoms. The molecule has 10 heteroatoms. The lowest BCUT2D eigenvalue weighted by molar-refractivity contribution is -0.144. The Hall–Kier alpha value is -3.08. The second-order valence-corrected chi connectivity index (χ2v) is 9.65. The fourth-order valence-corrected chi connectivity index (χ4v) is 4.83. The average Bonchev–Trinajstić information content (AvgIpc) is 2.87. The molecule has 3 rings (SSSR count). The number of morpholine rings is 1. The van der Waals surface area contributed by atoms with E-state index in [-0.39, 0.29) is 49.0 Å². The molecular formula is C24H28N2O7S. The fourth-order valence-electron chi connectivity index (χ4n) is 3.36. The van der Waals surface area contributed by atoms with Gasteiger partial charge in [-0.05, 0) is 17.7 Å². The van der Waals surface area contributed by atoms with Crippen LogP contribution in [0.3, 0.4) is 0 Å². The molecule has 0 aromatic heterocycles. The average molecular weight is 489 g/mol. The van der Waals surface area contributed by atoms with E-state index < -0.39 is 16.0 Å². The minimum Gasteiger partial charge on any atom is -0.461 e. The summed E-state index contributed by atoms with van der Waals surface area (Å²) in [7, 11) is -3.63. The number of nitrogens with one attached hydrogen (secondary N) is 1. The quantitative estimate of drug-likeness (QED) is 0.379. The molecule has 0 aliphatic carbocycles. The van der Waals surface area contributed by atoms with Crippen LogP contribution in [0.4, 0.5) is 0 Å². The molecule has 1 amide bonds. The van der Waals surface area contributed by atoms with Gasteiger partial charge in [0.25, 0.3) is 0 Å². The van der Waals surface area contributed by atoms with Crippen molar-refractivity contribution in [2.45, 2.75) is 30.8 Å². The summed E-state index contributed by atoms with van der Waals surface area (Å²) in [5.74, 6) is -0.965. The van der Waals surface area contributed by atoms with Crippen molar-refractivity contribution in [3.63, 3.8) is 0 Å². The van der Waals surface area contributed by atoms with Gasteiger partial charge in [-0.2, -0.15) is 4.31 Å². The summed E-state index contributed by atoms with van der Waals surface area (Å²) < 4.78 is 37.3. The molecule has 2 aromatic rings. The summed E-state index contributed by atoms with van der Waals surface area (Å²) in [6.07, 6.45) is 0.0846. The highest BCUT2D eigenvalue weighted by Crippen LogP contribution is 2.19. The van der Waals surface area contributed by atoms with Crippen LogP contribution < -0.4 is 5.32 Å². The molecule has 0 saturated carbocycles. The zero-order valence-electron chi connectivity index (χ0n) is 18.8. The fraction of sp³-hybridized carbons (Fsp3) is 0.375. The van der Waals surface area contributed by atoms with E-state index in [0.717, 1.165) is 0 Å². The first-order valence-electron chi connectivity index (χ1n) is 11.0. The molecule has 0 unspecified atom stereocenters. The van der Waals surface area contributed by atoms with Crippen LogP contribution in [0.5, 0.6) is 0 Å². The monoisotopic (exact) mass is 488 g/mol. The highest BCUT2D eigenvalue weighted by atomic mass is 32.2. The number of ether oxygens (including phenoxy) is 2. The van der Waals surface area contributed by atoms with Crippen LogP contribution in [0.2, 0.25) is 0 Å². The van der Waals surface area contributed by atoms with Gasteiger partial charge in [0.2, 0.25) is 15.9 Å². The van der Waals surface area contributed by atoms with Crippen LogP contribution in [0, 0.1) is 0 Å². The first-order valence-corrected chi connectivity index (χ1v) is 12.5. The number of ketones is 1. The molecule has 0 atom stereocenters. The van der Waals surface area contributed by atoms with E-state index in [1.54, 1.807) is 36.4 Å². The van der Waals surface area contributed by atoms with Crippen molar-refractivity contribution >= 4 is 27.7 Å². The van der Waals surface area contributed by atoms with Gasteiger partial charge in [-0.15, -0.1) is 0 Å². The van der Waals surface area contributed by atoms with Gasteiger partial charge in [-0.25, -0.2) is 8.42 Å². The summed E-state index contributed by atoms with van der Waals surface area (Å²) in [5.41, 5.74) is 1.10. The van der Waals surface area contributed by atoms with Gasteiger partial charge < -0.3 is 14.8 Å². The maximum Gasteiger partial charge on any atom is 0.307 e. The van der Waals surface area contributed by atoms with Gasteiger partial charge in [0, 0.05) is 38.0 Å². The number of rotatable bonds is 11. The standard InChI is InChI=1S/C24H28N2O7S/c27-22(20-6-2-1-3-7-20)9-10-23(28)25-12-11-24(29)33-18-19-5-4-8-21(17-19)34(30,31)26-13-15-32-16-14-26/h1-8,17H,9-16,18H2,(H,25,28). The second kappa shape index (κ2) is 12.4. The smallest absolute Gasteiger partial charge is 0.307 e. The number of sulfonamides is 1. The van der Waals surface area contributed by atoms with Gasteiger partial charge in [0.15, 0.2) is 5.78 Å². The van der Waals surface area contributed by atoms with E-state index in [4.69, 9.17) is 9.47 Å². The molecule has 9 nitrogen and oxygen atoms in total. The van der Waals surface area contributed by atoms with Gasteiger partial charge in [-0.1, -0.05) is 42.5 Å². The molecule has 1 saturated heterocycles. The van der Waals surface area contributed by atoms with Crippen molar-refractivity contribution in [1.82, 2.24) is 9.62 Å². The van der Waals surface area contributed by atoms with Crippen molar-refractivity contribution in [2.75, 3.05) is 32.8 Å². The molecule has 182 valence electrons. The number of Topliss-reactive ketones (excluding diaryl/α,β-unsaturated/α-hetero) is 1. The van der Waals surface area contributed by atoms with Crippen molar-refractivity contribution < 1.29 is 32.3 Å². The highest BCUT2D eigenvalue weighted by molar-refractivity contribution is 7.89. The van der Waals surface area contributed by atoms with Crippen LogP contribution in [0.15, 0.2) is 59.5 Å². The SMILES string of the molecule is O=C(CCC(=O)c1ccccc1)NCCC(=O)OCc1cccc(S(=O)(=O)N2CCOCC2)c1. The third-order valence-corrected chi connectivity index (χ3v) is 7.13. The number of hydrogen-bond acceptors (Lipinski definition) is 7. The van der Waals surface area contributed by atoms with Crippen LogP contribution in [-0.4, -0.2) is 63.2 Å². The third-order valence-electron chi connectivity index (χ3n) is 5.23. The van der Waals surface area contributed by atoms with Crippen molar-refractivity contribution in [1.29, 1.82) is 0 Å². The van der Waals surface area contributed by atoms with Gasteiger partial charge in [0.05, 0.1) is 24.5 Å². The van der Waals surface area contributed by atoms with E-state index in [9.17, 15) is 22.8 Å². The Morgan fingerprint density at radius 1 is 0.941 bits per heavy atom. The summed E-state index contributed by atoms with van der Waals surface area (Å²) in [6.45, 7) is 1.32. The van der Waals surface area contributed by atoms with Gasteiger partial charge in [-0.3, -0.25) is 14.4 Å². The van der Waals surface area contributed by atoms with Crippen molar-refractivity contribution in [2.24, 2.45) is 0 Å². The number of esters is 1. The maximum atomic E-state index is 12.8. The first kappa shape index (κ1) is 25.5. The second-order valence-electron chi connectivity index (χ2n) is 7.71. The maximum absolute atomic E-state index is 12.8.